The molecule has 0 fully saturated rings. The van der Waals surface area contributed by atoms with Crippen molar-refractivity contribution in [2.75, 3.05) is 11.5 Å². The van der Waals surface area contributed by atoms with Crippen molar-refractivity contribution < 1.29 is 35.8 Å². The van der Waals surface area contributed by atoms with Gasteiger partial charge in [-0.05, 0) is 71.4 Å². The van der Waals surface area contributed by atoms with Crippen molar-refractivity contribution in [2.24, 2.45) is 0 Å². The van der Waals surface area contributed by atoms with Gasteiger partial charge in [0.1, 0.15) is 34.1 Å². The minimum absolute atomic E-state index is 0.0551. The number of nitrogens with two attached hydrogens (primary N) is 2. The SMILES string of the molecule is Nc1ccc(Oc2ccc3cc(Oc4ccc(N)cc4C(F)(F)F)ccc3c2)c(C(F)(F)F)c1. The van der Waals surface area contributed by atoms with Gasteiger partial charge >= 0.3 is 12.4 Å². The van der Waals surface area contributed by atoms with E-state index in [0.717, 1.165) is 24.3 Å². The first kappa shape index (κ1) is 23.1. The average molecular weight is 478 g/mol. The first-order valence-electron chi connectivity index (χ1n) is 9.73. The molecule has 4 nitrogen and oxygen atoms in total. The van der Waals surface area contributed by atoms with Gasteiger partial charge in [-0.2, -0.15) is 26.3 Å². The lowest BCUT2D eigenvalue weighted by Crippen LogP contribution is -2.08. The lowest BCUT2D eigenvalue weighted by molar-refractivity contribution is -0.139. The number of nitrogen functional groups attached to an aromatic ring is 2. The number of fused-ring (bicyclic) bond motifs is 1. The summed E-state index contributed by atoms with van der Waals surface area (Å²) >= 11 is 0. The van der Waals surface area contributed by atoms with Crippen LogP contribution in [0.3, 0.4) is 0 Å². The average Bonchev–Trinajstić information content (AvgIpc) is 2.75. The molecule has 4 rings (SSSR count). The first-order valence-corrected chi connectivity index (χ1v) is 9.73. The van der Waals surface area contributed by atoms with Crippen LogP contribution in [0.4, 0.5) is 37.7 Å². The molecule has 0 atom stereocenters. The van der Waals surface area contributed by atoms with Gasteiger partial charge in [0.25, 0.3) is 0 Å². The molecule has 34 heavy (non-hydrogen) atoms. The number of alkyl halides is 6. The molecule has 10 heteroatoms. The Morgan fingerprint density at radius 3 is 1.24 bits per heavy atom. The van der Waals surface area contributed by atoms with Crippen LogP contribution in [0.1, 0.15) is 11.1 Å². The maximum absolute atomic E-state index is 13.3. The zero-order chi connectivity index (χ0) is 24.7. The van der Waals surface area contributed by atoms with Crippen LogP contribution in [0.15, 0.2) is 72.8 Å². The van der Waals surface area contributed by atoms with E-state index in [1.807, 2.05) is 0 Å². The first-order chi connectivity index (χ1) is 15.9. The van der Waals surface area contributed by atoms with E-state index in [1.54, 1.807) is 12.1 Å². The summed E-state index contributed by atoms with van der Waals surface area (Å²) in [6.45, 7) is 0. The molecule has 0 aromatic heterocycles. The third-order valence-corrected chi connectivity index (χ3v) is 4.86. The van der Waals surface area contributed by atoms with Gasteiger partial charge in [-0.1, -0.05) is 12.1 Å². The molecule has 0 amide bonds. The molecule has 0 radical (unpaired) electrons. The highest BCUT2D eigenvalue weighted by Gasteiger charge is 2.35. The van der Waals surface area contributed by atoms with E-state index in [9.17, 15) is 26.3 Å². The number of anilines is 2. The highest BCUT2D eigenvalue weighted by atomic mass is 19.4. The molecule has 0 bridgehead atoms. The van der Waals surface area contributed by atoms with E-state index >= 15 is 0 Å². The van der Waals surface area contributed by atoms with Gasteiger partial charge in [0.2, 0.25) is 0 Å². The second kappa shape index (κ2) is 8.36. The molecule has 4 aromatic rings. The van der Waals surface area contributed by atoms with Crippen molar-refractivity contribution in [1.82, 2.24) is 0 Å². The van der Waals surface area contributed by atoms with Gasteiger partial charge in [0.05, 0.1) is 0 Å². The predicted octanol–water partition coefficient (Wildman–Crippen LogP) is 7.63. The summed E-state index contributed by atoms with van der Waals surface area (Å²) in [5.41, 5.74) is 8.79. The molecule has 0 heterocycles. The van der Waals surface area contributed by atoms with Crippen LogP contribution in [0.5, 0.6) is 23.0 Å². The van der Waals surface area contributed by atoms with Gasteiger partial charge in [0.15, 0.2) is 0 Å². The normalized spacial score (nSPS) is 12.1. The molecule has 0 saturated heterocycles. The van der Waals surface area contributed by atoms with Crippen LogP contribution < -0.4 is 20.9 Å². The molecule has 0 aliphatic carbocycles. The van der Waals surface area contributed by atoms with Crippen LogP contribution in [0, 0.1) is 0 Å². The van der Waals surface area contributed by atoms with Crippen LogP contribution in [0.2, 0.25) is 0 Å². The minimum Gasteiger partial charge on any atom is -0.457 e. The fourth-order valence-electron chi connectivity index (χ4n) is 3.30. The highest BCUT2D eigenvalue weighted by Crippen LogP contribution is 2.41. The van der Waals surface area contributed by atoms with E-state index in [1.165, 1.54) is 36.4 Å². The maximum atomic E-state index is 13.3. The fourth-order valence-corrected chi connectivity index (χ4v) is 3.30. The topological polar surface area (TPSA) is 70.5 Å². The Bertz CT molecular complexity index is 1260. The highest BCUT2D eigenvalue weighted by molar-refractivity contribution is 5.85. The molecule has 0 saturated carbocycles. The standard InChI is InChI=1S/C24H16F6N2O2/c25-23(26,27)19-11-15(31)3-7-21(19)33-17-5-1-13-9-18(6-2-14(13)10-17)34-22-8-4-16(32)12-20(22)24(28,29)30/h1-12H,31-32H2. The molecule has 176 valence electrons. The summed E-state index contributed by atoms with van der Waals surface area (Å²) < 4.78 is 90.7. The summed E-state index contributed by atoms with van der Waals surface area (Å²) in [5.74, 6) is -0.559. The lowest BCUT2D eigenvalue weighted by atomic mass is 10.1. The van der Waals surface area contributed by atoms with Crippen molar-refractivity contribution in [2.45, 2.75) is 12.4 Å². The Labute approximate surface area is 189 Å². The quantitative estimate of drug-likeness (QED) is 0.234. The largest absolute Gasteiger partial charge is 0.457 e. The van der Waals surface area contributed by atoms with E-state index in [-0.39, 0.29) is 22.9 Å². The number of ether oxygens (including phenoxy) is 2. The van der Waals surface area contributed by atoms with Crippen LogP contribution in [-0.4, -0.2) is 0 Å². The summed E-state index contributed by atoms with van der Waals surface area (Å²) in [7, 11) is 0. The van der Waals surface area contributed by atoms with E-state index in [2.05, 4.69) is 0 Å². The Morgan fingerprint density at radius 1 is 0.500 bits per heavy atom. The molecular weight excluding hydrogens is 462 g/mol. The van der Waals surface area contributed by atoms with Gasteiger partial charge in [-0.25, -0.2) is 0 Å². The van der Waals surface area contributed by atoms with E-state index in [4.69, 9.17) is 20.9 Å². The van der Waals surface area contributed by atoms with Gasteiger partial charge in [-0.3, -0.25) is 0 Å². The second-order valence-electron chi connectivity index (χ2n) is 7.38. The van der Waals surface area contributed by atoms with Crippen LogP contribution in [0.25, 0.3) is 10.8 Å². The van der Waals surface area contributed by atoms with Crippen molar-refractivity contribution in [3.63, 3.8) is 0 Å². The zero-order valence-corrected chi connectivity index (χ0v) is 17.2. The van der Waals surface area contributed by atoms with Crippen molar-refractivity contribution in [3.05, 3.63) is 83.9 Å². The van der Waals surface area contributed by atoms with Gasteiger partial charge < -0.3 is 20.9 Å². The Morgan fingerprint density at radius 2 is 0.882 bits per heavy atom. The van der Waals surface area contributed by atoms with Crippen LogP contribution in [-0.2, 0) is 12.4 Å². The minimum atomic E-state index is -4.66. The molecule has 0 aliphatic rings. The Hall–Kier alpha value is -4.08. The molecular formula is C24H16F6N2O2. The summed E-state index contributed by atoms with van der Waals surface area (Å²) in [6.07, 6.45) is -9.32. The summed E-state index contributed by atoms with van der Waals surface area (Å²) in [4.78, 5) is 0. The fraction of sp³-hybridized carbons (Fsp3) is 0.0833. The number of rotatable bonds is 4. The number of hydrogen-bond donors (Lipinski definition) is 2. The third kappa shape index (κ3) is 4.95. The van der Waals surface area contributed by atoms with Crippen LogP contribution >= 0.6 is 0 Å². The maximum Gasteiger partial charge on any atom is 0.420 e. The molecule has 0 spiro atoms. The molecule has 0 aliphatic heterocycles. The Balaban J connectivity index is 1.62. The van der Waals surface area contributed by atoms with Crippen molar-refractivity contribution >= 4 is 22.1 Å². The predicted molar refractivity (Wildman–Crippen MR) is 116 cm³/mol. The van der Waals surface area contributed by atoms with Gasteiger partial charge in [0, 0.05) is 11.4 Å². The number of benzene rings is 4. The van der Waals surface area contributed by atoms with Gasteiger partial charge in [-0.15, -0.1) is 0 Å². The van der Waals surface area contributed by atoms with Crippen molar-refractivity contribution in [1.29, 1.82) is 0 Å². The second-order valence-corrected chi connectivity index (χ2v) is 7.38. The van der Waals surface area contributed by atoms with E-state index in [0.29, 0.717) is 10.8 Å². The molecule has 0 unspecified atom stereocenters. The smallest absolute Gasteiger partial charge is 0.420 e. The number of hydrogen-bond acceptors (Lipinski definition) is 4. The molecule has 4 aromatic carbocycles. The lowest BCUT2D eigenvalue weighted by Gasteiger charge is -2.15. The zero-order valence-electron chi connectivity index (χ0n) is 17.2. The number of halogens is 6. The molecule has 4 N–H and O–H groups in total. The summed E-state index contributed by atoms with van der Waals surface area (Å²) in [6, 6.07) is 15.4. The Kier molecular flexibility index (Phi) is 5.68. The summed E-state index contributed by atoms with van der Waals surface area (Å²) in [5, 5.41) is 1.14. The monoisotopic (exact) mass is 478 g/mol. The van der Waals surface area contributed by atoms with Crippen molar-refractivity contribution in [3.8, 4) is 23.0 Å². The third-order valence-electron chi connectivity index (χ3n) is 4.86. The van der Waals surface area contributed by atoms with E-state index < -0.39 is 35.0 Å².